The van der Waals surface area contributed by atoms with E-state index in [2.05, 4.69) is 19.2 Å². The highest BCUT2D eigenvalue weighted by Crippen LogP contribution is 2.53. The summed E-state index contributed by atoms with van der Waals surface area (Å²) in [6, 6.07) is 1.82. The molecule has 1 aromatic heterocycles. The zero-order valence-electron chi connectivity index (χ0n) is 16.7. The summed E-state index contributed by atoms with van der Waals surface area (Å²) in [4.78, 5) is 22.9. The summed E-state index contributed by atoms with van der Waals surface area (Å²) in [5.74, 6) is 0.680. The van der Waals surface area contributed by atoms with Gasteiger partial charge >= 0.3 is 6.09 Å². The molecule has 0 spiro atoms. The van der Waals surface area contributed by atoms with Gasteiger partial charge in [0.25, 0.3) is 0 Å². The van der Waals surface area contributed by atoms with Gasteiger partial charge in [-0.3, -0.25) is 0 Å². The van der Waals surface area contributed by atoms with Crippen molar-refractivity contribution in [2.45, 2.75) is 50.4 Å². The summed E-state index contributed by atoms with van der Waals surface area (Å²) in [6.07, 6.45) is 2.78. The van der Waals surface area contributed by atoms with E-state index in [9.17, 15) is 9.00 Å². The Kier molecular flexibility index (Phi) is 5.89. The lowest BCUT2D eigenvalue weighted by Gasteiger charge is -2.23. The molecule has 1 unspecified atom stereocenters. The van der Waals surface area contributed by atoms with Crippen LogP contribution in [0.3, 0.4) is 0 Å². The lowest BCUT2D eigenvalue weighted by molar-refractivity contribution is 0.0607. The van der Waals surface area contributed by atoms with Crippen molar-refractivity contribution < 1.29 is 18.5 Å². The maximum atomic E-state index is 13.4. The van der Waals surface area contributed by atoms with Crippen molar-refractivity contribution in [3.8, 4) is 0 Å². The molecule has 0 aromatic carbocycles. The second kappa shape index (κ2) is 7.76. The third-order valence-corrected chi connectivity index (χ3v) is 7.50. The van der Waals surface area contributed by atoms with Gasteiger partial charge in [0.15, 0.2) is 0 Å². The average molecular weight is 431 g/mol. The van der Waals surface area contributed by atoms with Crippen LogP contribution in [0.4, 0.5) is 10.6 Å². The summed E-state index contributed by atoms with van der Waals surface area (Å²) < 4.78 is 27.2. The first kappa shape index (κ1) is 21.3. The number of rotatable bonds is 3. The summed E-state index contributed by atoms with van der Waals surface area (Å²) in [5, 5.41) is 0.0939. The molecule has 0 radical (unpaired) electrons. The number of hydrogen-bond donors (Lipinski definition) is 0. The van der Waals surface area contributed by atoms with Gasteiger partial charge in [0.2, 0.25) is 5.28 Å². The Morgan fingerprint density at radius 3 is 2.68 bits per heavy atom. The summed E-state index contributed by atoms with van der Waals surface area (Å²) in [5.41, 5.74) is -0.139. The van der Waals surface area contributed by atoms with Gasteiger partial charge in [-0.2, -0.15) is 0 Å². The first-order valence-electron chi connectivity index (χ1n) is 9.35. The Morgan fingerprint density at radius 2 is 2.04 bits per heavy atom. The molecule has 1 saturated carbocycles. The molecule has 10 heteroatoms. The maximum absolute atomic E-state index is 13.4. The largest absolute Gasteiger partial charge is 0.442 e. The van der Waals surface area contributed by atoms with Gasteiger partial charge in [0, 0.05) is 32.0 Å². The van der Waals surface area contributed by atoms with Crippen molar-refractivity contribution in [2.24, 2.45) is 4.36 Å². The second-order valence-corrected chi connectivity index (χ2v) is 11.1. The fourth-order valence-corrected chi connectivity index (χ4v) is 5.26. The van der Waals surface area contributed by atoms with Crippen LogP contribution in [-0.4, -0.2) is 58.4 Å². The minimum Gasteiger partial charge on any atom is -0.442 e. The van der Waals surface area contributed by atoms with Crippen LogP contribution in [0.15, 0.2) is 10.4 Å². The highest BCUT2D eigenvalue weighted by atomic mass is 35.5. The molecule has 2 heterocycles. The van der Waals surface area contributed by atoms with Crippen LogP contribution < -0.4 is 4.90 Å². The Labute approximate surface area is 171 Å². The Bertz CT molecular complexity index is 865. The van der Waals surface area contributed by atoms with E-state index in [-0.39, 0.29) is 5.28 Å². The number of nitrogens with zero attached hydrogens (tertiary/aromatic N) is 4. The lowest BCUT2D eigenvalue weighted by atomic mass is 10.2. The smallest absolute Gasteiger partial charge is 0.442 e. The highest BCUT2D eigenvalue weighted by Gasteiger charge is 2.54. The molecule has 1 saturated heterocycles. The maximum Gasteiger partial charge on any atom is 0.442 e. The number of anilines is 1. The third kappa shape index (κ3) is 4.75. The number of ether oxygens (including phenoxy) is 2. The zero-order chi connectivity index (χ0) is 20.6. The first-order valence-corrected chi connectivity index (χ1v) is 11.7. The second-order valence-electron chi connectivity index (χ2n) is 8.20. The van der Waals surface area contributed by atoms with E-state index in [0.29, 0.717) is 44.1 Å². The third-order valence-electron chi connectivity index (χ3n) is 4.77. The van der Waals surface area contributed by atoms with E-state index in [1.54, 1.807) is 20.8 Å². The van der Waals surface area contributed by atoms with Crippen molar-refractivity contribution in [2.75, 3.05) is 37.5 Å². The number of amides is 1. The van der Waals surface area contributed by atoms with Crippen LogP contribution in [-0.2, 0) is 23.9 Å². The number of carbonyl (C=O) groups is 1. The van der Waals surface area contributed by atoms with Crippen LogP contribution in [0, 0.1) is 0 Å². The lowest BCUT2D eigenvalue weighted by Crippen LogP contribution is -2.29. The summed E-state index contributed by atoms with van der Waals surface area (Å²) >= 11 is 6.19. The van der Waals surface area contributed by atoms with Crippen molar-refractivity contribution in [3.05, 3.63) is 17.0 Å². The molecule has 28 heavy (non-hydrogen) atoms. The number of carbonyl (C=O) groups excluding carboxylic acids is 1. The molecular formula is C18H27ClN4O4S. The summed E-state index contributed by atoms with van der Waals surface area (Å²) in [7, 11) is -2.94. The fourth-order valence-electron chi connectivity index (χ4n) is 3.23. The molecule has 1 atom stereocenters. The van der Waals surface area contributed by atoms with E-state index in [1.807, 2.05) is 6.07 Å². The van der Waals surface area contributed by atoms with Gasteiger partial charge in [0.1, 0.15) is 11.4 Å². The van der Waals surface area contributed by atoms with Gasteiger partial charge in [-0.15, -0.1) is 4.36 Å². The van der Waals surface area contributed by atoms with E-state index in [0.717, 1.165) is 13.0 Å². The van der Waals surface area contributed by atoms with Crippen LogP contribution in [0.5, 0.6) is 0 Å². The van der Waals surface area contributed by atoms with Gasteiger partial charge in [-0.05, 0) is 51.6 Å². The Morgan fingerprint density at radius 1 is 1.32 bits per heavy atom. The van der Waals surface area contributed by atoms with Crippen LogP contribution in [0.1, 0.15) is 45.7 Å². The van der Waals surface area contributed by atoms with Gasteiger partial charge < -0.3 is 14.4 Å². The summed E-state index contributed by atoms with van der Waals surface area (Å²) in [6.45, 7) is 8.04. The fraction of sp³-hybridized carbons (Fsp3) is 0.722. The van der Waals surface area contributed by atoms with Crippen molar-refractivity contribution in [3.63, 3.8) is 0 Å². The topological polar surface area (TPSA) is 94.0 Å². The molecule has 156 valence electrons. The van der Waals surface area contributed by atoms with E-state index in [4.69, 9.17) is 21.1 Å². The Balaban J connectivity index is 1.93. The predicted molar refractivity (Wildman–Crippen MR) is 108 cm³/mol. The molecule has 0 N–H and O–H groups in total. The van der Waals surface area contributed by atoms with E-state index in [1.165, 1.54) is 6.26 Å². The normalized spacial score (nSPS) is 21.4. The number of aromatic nitrogens is 2. The Hall–Kier alpha value is -1.45. The molecule has 1 amide bonds. The van der Waals surface area contributed by atoms with Crippen molar-refractivity contribution in [1.29, 1.82) is 0 Å². The van der Waals surface area contributed by atoms with Gasteiger partial charge in [-0.1, -0.05) is 0 Å². The molecule has 1 aliphatic heterocycles. The molecule has 2 fully saturated rings. The number of hydrogen-bond acceptors (Lipinski definition) is 7. The molecule has 0 bridgehead atoms. The predicted octanol–water partition coefficient (Wildman–Crippen LogP) is 3.38. The zero-order valence-corrected chi connectivity index (χ0v) is 18.3. The van der Waals surface area contributed by atoms with Gasteiger partial charge in [0.05, 0.1) is 26.8 Å². The van der Waals surface area contributed by atoms with Crippen molar-refractivity contribution in [1.82, 2.24) is 9.97 Å². The molecule has 2 aliphatic rings. The standard InChI is InChI=1S/C18H27ClN4O4S/c1-17(2,3)27-16(24)22-28(4,25)18(6-7-18)13-12-14(21-15(19)20-13)23-8-5-10-26-11-9-23/h12H,5-11H2,1-4H3. The van der Waals surface area contributed by atoms with Crippen LogP contribution in [0.2, 0.25) is 5.28 Å². The monoisotopic (exact) mass is 430 g/mol. The molecular weight excluding hydrogens is 404 g/mol. The minimum atomic E-state index is -2.94. The molecule has 1 aliphatic carbocycles. The van der Waals surface area contributed by atoms with Gasteiger partial charge in [-0.25, -0.2) is 19.0 Å². The minimum absolute atomic E-state index is 0.0939. The average Bonchev–Trinajstić information content (AvgIpc) is 3.37. The quantitative estimate of drug-likeness (QED) is 0.678. The SMILES string of the molecule is CC(C)(C)OC(=O)N=S(C)(=O)C1(c2cc(N3CCCOCC3)nc(Cl)n2)CC1. The van der Waals surface area contributed by atoms with Crippen LogP contribution >= 0.6 is 11.6 Å². The first-order chi connectivity index (χ1) is 13.0. The van der Waals surface area contributed by atoms with E-state index >= 15 is 0 Å². The van der Waals surface area contributed by atoms with Crippen molar-refractivity contribution >= 4 is 33.2 Å². The number of halogens is 1. The van der Waals surface area contributed by atoms with Crippen LogP contribution in [0.25, 0.3) is 0 Å². The highest BCUT2D eigenvalue weighted by molar-refractivity contribution is 7.94. The molecule has 8 nitrogen and oxygen atoms in total. The molecule has 1 aromatic rings. The molecule has 3 rings (SSSR count). The van der Waals surface area contributed by atoms with E-state index < -0.39 is 26.2 Å².